The summed E-state index contributed by atoms with van der Waals surface area (Å²) in [6.07, 6.45) is 0.785. The number of primary amides is 1. The highest BCUT2D eigenvalue weighted by Gasteiger charge is 2.37. The second kappa shape index (κ2) is 9.70. The van der Waals surface area contributed by atoms with E-state index in [0.29, 0.717) is 12.8 Å². The number of carboxylic acid groups (broad SMARTS) is 1. The first-order valence-corrected chi connectivity index (χ1v) is 8.27. The summed E-state index contributed by atoms with van der Waals surface area (Å²) in [5.74, 6) is -3.51. The Morgan fingerprint density at radius 1 is 1.27 bits per heavy atom. The summed E-state index contributed by atoms with van der Waals surface area (Å²) in [4.78, 5) is 59.7. The number of nitrogens with zero attached hydrogens (tertiary/aromatic N) is 1. The number of carbonyl (C=O) groups excluding carboxylic acids is 4. The Labute approximate surface area is 150 Å². The van der Waals surface area contributed by atoms with E-state index in [1.807, 2.05) is 0 Å². The molecule has 146 valence electrons. The number of nitrogens with one attached hydrogen (secondary N) is 2. The summed E-state index contributed by atoms with van der Waals surface area (Å²) in [7, 11) is 0. The fraction of sp³-hybridized carbons (Fsp3) is 0.667. The number of rotatable bonds is 9. The summed E-state index contributed by atoms with van der Waals surface area (Å²) in [5, 5.41) is 13.4. The Bertz CT molecular complexity index is 579. The van der Waals surface area contributed by atoms with Gasteiger partial charge in [0.25, 0.3) is 0 Å². The van der Waals surface area contributed by atoms with Crippen LogP contribution in [0.3, 0.4) is 0 Å². The van der Waals surface area contributed by atoms with Crippen molar-refractivity contribution in [1.29, 1.82) is 0 Å². The van der Waals surface area contributed by atoms with Gasteiger partial charge in [0, 0.05) is 13.0 Å². The van der Waals surface area contributed by atoms with Gasteiger partial charge in [-0.15, -0.1) is 0 Å². The number of hydrogen-bond donors (Lipinski definition) is 5. The molecule has 0 aromatic rings. The van der Waals surface area contributed by atoms with Crippen molar-refractivity contribution >= 4 is 29.6 Å². The Hall–Kier alpha value is -2.69. The first kappa shape index (κ1) is 21.4. The Morgan fingerprint density at radius 3 is 2.46 bits per heavy atom. The first-order valence-electron chi connectivity index (χ1n) is 8.27. The van der Waals surface area contributed by atoms with E-state index in [-0.39, 0.29) is 19.4 Å². The Kier molecular flexibility index (Phi) is 7.97. The molecule has 11 nitrogen and oxygen atoms in total. The summed E-state index contributed by atoms with van der Waals surface area (Å²) in [6.45, 7) is 1.18. The standard InChI is InChI=1S/C15H25N5O6/c1-8(16)13(24)19-9(4-5-11(17)21)15(26)20-6-2-3-10(20)14(25)18-7-12(22)23/h8-10H,2-7,16H2,1H3,(H2,17,21)(H,18,25)(H,19,24)(H,22,23). The van der Waals surface area contributed by atoms with Crippen LogP contribution in [-0.2, 0) is 24.0 Å². The SMILES string of the molecule is CC(N)C(=O)NC(CCC(N)=O)C(=O)N1CCCC1C(=O)NCC(=O)O. The first-order chi connectivity index (χ1) is 12.1. The van der Waals surface area contributed by atoms with Gasteiger partial charge in [-0.05, 0) is 26.2 Å². The fourth-order valence-corrected chi connectivity index (χ4v) is 2.63. The number of amides is 4. The average molecular weight is 371 g/mol. The zero-order chi connectivity index (χ0) is 19.9. The molecule has 3 atom stereocenters. The maximum Gasteiger partial charge on any atom is 0.322 e. The molecule has 3 unspecified atom stereocenters. The molecule has 26 heavy (non-hydrogen) atoms. The van der Waals surface area contributed by atoms with Crippen molar-refractivity contribution in [1.82, 2.24) is 15.5 Å². The topological polar surface area (TPSA) is 185 Å². The monoisotopic (exact) mass is 371 g/mol. The molecule has 11 heteroatoms. The van der Waals surface area contributed by atoms with Crippen LogP contribution >= 0.6 is 0 Å². The van der Waals surface area contributed by atoms with Crippen molar-refractivity contribution in [2.45, 2.75) is 50.7 Å². The van der Waals surface area contributed by atoms with Gasteiger partial charge >= 0.3 is 5.97 Å². The molecular weight excluding hydrogens is 346 g/mol. The highest BCUT2D eigenvalue weighted by molar-refractivity contribution is 5.94. The molecule has 1 fully saturated rings. The molecule has 0 bridgehead atoms. The molecule has 1 rings (SSSR count). The lowest BCUT2D eigenvalue weighted by atomic mass is 10.1. The molecule has 4 amide bonds. The molecule has 0 aliphatic carbocycles. The van der Waals surface area contributed by atoms with Gasteiger partial charge in [-0.1, -0.05) is 0 Å². The Balaban J connectivity index is 2.85. The molecule has 1 heterocycles. The third kappa shape index (κ3) is 6.31. The number of hydrogen-bond acceptors (Lipinski definition) is 6. The third-order valence-electron chi connectivity index (χ3n) is 3.96. The minimum atomic E-state index is -1.20. The fourth-order valence-electron chi connectivity index (χ4n) is 2.63. The van der Waals surface area contributed by atoms with Crippen molar-refractivity contribution in [2.24, 2.45) is 11.5 Å². The van der Waals surface area contributed by atoms with E-state index in [0.717, 1.165) is 0 Å². The van der Waals surface area contributed by atoms with E-state index in [9.17, 15) is 24.0 Å². The van der Waals surface area contributed by atoms with Crippen LogP contribution in [0.5, 0.6) is 0 Å². The van der Waals surface area contributed by atoms with Gasteiger partial charge in [0.2, 0.25) is 23.6 Å². The average Bonchev–Trinajstić information content (AvgIpc) is 3.04. The van der Waals surface area contributed by atoms with E-state index in [1.54, 1.807) is 0 Å². The van der Waals surface area contributed by atoms with Crippen LogP contribution < -0.4 is 22.1 Å². The lowest BCUT2D eigenvalue weighted by Crippen LogP contribution is -2.55. The molecular formula is C15H25N5O6. The highest BCUT2D eigenvalue weighted by atomic mass is 16.4. The minimum Gasteiger partial charge on any atom is -0.480 e. The van der Waals surface area contributed by atoms with Crippen molar-refractivity contribution in [3.8, 4) is 0 Å². The summed E-state index contributed by atoms with van der Waals surface area (Å²) >= 11 is 0. The van der Waals surface area contributed by atoms with Crippen LogP contribution in [0.1, 0.15) is 32.6 Å². The van der Waals surface area contributed by atoms with Crippen LogP contribution in [0, 0.1) is 0 Å². The Morgan fingerprint density at radius 2 is 1.92 bits per heavy atom. The second-order valence-electron chi connectivity index (χ2n) is 6.16. The number of likely N-dealkylation sites (tertiary alicyclic amines) is 1. The summed E-state index contributed by atoms with van der Waals surface area (Å²) in [6, 6.07) is -2.73. The molecule has 0 aromatic carbocycles. The number of nitrogens with two attached hydrogens (primary N) is 2. The number of carbonyl (C=O) groups is 5. The van der Waals surface area contributed by atoms with Crippen molar-refractivity contribution in [3.05, 3.63) is 0 Å². The van der Waals surface area contributed by atoms with E-state index in [2.05, 4.69) is 10.6 Å². The minimum absolute atomic E-state index is 0.0212. The molecule has 0 saturated carbocycles. The predicted octanol–water partition coefficient (Wildman–Crippen LogP) is -2.72. The molecule has 0 aromatic heterocycles. The van der Waals surface area contributed by atoms with E-state index < -0.39 is 54.3 Å². The van der Waals surface area contributed by atoms with Gasteiger partial charge in [0.05, 0.1) is 6.04 Å². The van der Waals surface area contributed by atoms with Crippen LogP contribution in [0.4, 0.5) is 0 Å². The van der Waals surface area contributed by atoms with Crippen LogP contribution in [0.25, 0.3) is 0 Å². The van der Waals surface area contributed by atoms with Gasteiger partial charge in [0.15, 0.2) is 0 Å². The highest BCUT2D eigenvalue weighted by Crippen LogP contribution is 2.19. The van der Waals surface area contributed by atoms with E-state index in [1.165, 1.54) is 11.8 Å². The normalized spacial score (nSPS) is 18.7. The van der Waals surface area contributed by atoms with E-state index >= 15 is 0 Å². The maximum atomic E-state index is 12.8. The van der Waals surface area contributed by atoms with Crippen molar-refractivity contribution in [2.75, 3.05) is 13.1 Å². The third-order valence-corrected chi connectivity index (χ3v) is 3.96. The van der Waals surface area contributed by atoms with Crippen LogP contribution in [0.2, 0.25) is 0 Å². The number of aliphatic carboxylic acids is 1. The van der Waals surface area contributed by atoms with Gasteiger partial charge < -0.3 is 32.1 Å². The van der Waals surface area contributed by atoms with Crippen molar-refractivity contribution < 1.29 is 29.1 Å². The van der Waals surface area contributed by atoms with Gasteiger partial charge in [0.1, 0.15) is 18.6 Å². The molecule has 0 spiro atoms. The second-order valence-corrected chi connectivity index (χ2v) is 6.16. The van der Waals surface area contributed by atoms with Gasteiger partial charge in [-0.2, -0.15) is 0 Å². The molecule has 7 N–H and O–H groups in total. The van der Waals surface area contributed by atoms with Gasteiger partial charge in [-0.25, -0.2) is 0 Å². The molecule has 0 radical (unpaired) electrons. The quantitative estimate of drug-likeness (QED) is 0.291. The molecule has 1 aliphatic heterocycles. The summed E-state index contributed by atoms with van der Waals surface area (Å²) in [5.41, 5.74) is 10.6. The zero-order valence-electron chi connectivity index (χ0n) is 14.6. The van der Waals surface area contributed by atoms with E-state index in [4.69, 9.17) is 16.6 Å². The number of carboxylic acids is 1. The smallest absolute Gasteiger partial charge is 0.322 e. The lowest BCUT2D eigenvalue weighted by molar-refractivity contribution is -0.143. The molecule has 1 aliphatic rings. The predicted molar refractivity (Wildman–Crippen MR) is 89.4 cm³/mol. The van der Waals surface area contributed by atoms with Crippen LogP contribution in [0.15, 0.2) is 0 Å². The van der Waals surface area contributed by atoms with Crippen LogP contribution in [-0.4, -0.2) is 70.8 Å². The lowest BCUT2D eigenvalue weighted by Gasteiger charge is -2.28. The zero-order valence-corrected chi connectivity index (χ0v) is 14.6. The van der Waals surface area contributed by atoms with Crippen molar-refractivity contribution in [3.63, 3.8) is 0 Å². The van der Waals surface area contributed by atoms with Gasteiger partial charge in [-0.3, -0.25) is 24.0 Å². The summed E-state index contributed by atoms with van der Waals surface area (Å²) < 4.78 is 0. The maximum absolute atomic E-state index is 12.8. The largest absolute Gasteiger partial charge is 0.480 e. The molecule has 1 saturated heterocycles.